The van der Waals surface area contributed by atoms with E-state index in [1.165, 1.54) is 6.21 Å². The van der Waals surface area contributed by atoms with Crippen LogP contribution in [0.4, 0.5) is 5.69 Å². The van der Waals surface area contributed by atoms with E-state index < -0.39 is 5.91 Å². The molecular formula is C22H18ClN3O3. The Bertz CT molecular complexity index is 1010. The van der Waals surface area contributed by atoms with Gasteiger partial charge in [-0.25, -0.2) is 5.43 Å². The van der Waals surface area contributed by atoms with Crippen molar-refractivity contribution in [2.24, 2.45) is 5.10 Å². The average molecular weight is 408 g/mol. The van der Waals surface area contributed by atoms with Crippen molar-refractivity contribution in [2.75, 3.05) is 11.9 Å². The number of amides is 2. The fraction of sp³-hybridized carbons (Fsp3) is 0.0455. The zero-order chi connectivity index (χ0) is 20.5. The van der Waals surface area contributed by atoms with Crippen LogP contribution in [0.5, 0.6) is 5.75 Å². The summed E-state index contributed by atoms with van der Waals surface area (Å²) in [5.41, 5.74) is 4.25. The molecule has 2 N–H and O–H groups in total. The number of nitrogens with zero attached hydrogens (tertiary/aromatic N) is 1. The van der Waals surface area contributed by atoms with Gasteiger partial charge in [0.25, 0.3) is 11.8 Å². The van der Waals surface area contributed by atoms with E-state index in [9.17, 15) is 9.59 Å². The van der Waals surface area contributed by atoms with Crippen molar-refractivity contribution in [1.82, 2.24) is 5.43 Å². The Morgan fingerprint density at radius 3 is 2.34 bits per heavy atom. The van der Waals surface area contributed by atoms with Crippen LogP contribution in [-0.4, -0.2) is 24.6 Å². The van der Waals surface area contributed by atoms with Crippen molar-refractivity contribution in [1.29, 1.82) is 0 Å². The fourth-order valence-corrected chi connectivity index (χ4v) is 2.61. The van der Waals surface area contributed by atoms with Crippen LogP contribution in [0.1, 0.15) is 15.9 Å². The number of halogens is 1. The third kappa shape index (κ3) is 6.19. The quantitative estimate of drug-likeness (QED) is 0.456. The summed E-state index contributed by atoms with van der Waals surface area (Å²) in [6.45, 7) is -0.101. The smallest absolute Gasteiger partial charge is 0.272 e. The first-order valence-electron chi connectivity index (χ1n) is 8.77. The second-order valence-corrected chi connectivity index (χ2v) is 6.36. The Morgan fingerprint density at radius 2 is 1.62 bits per heavy atom. The van der Waals surface area contributed by atoms with Crippen LogP contribution in [-0.2, 0) is 4.79 Å². The largest absolute Gasteiger partial charge is 0.484 e. The van der Waals surface area contributed by atoms with E-state index in [0.717, 1.165) is 5.56 Å². The maximum Gasteiger partial charge on any atom is 0.272 e. The minimum absolute atomic E-state index is 0.101. The van der Waals surface area contributed by atoms with E-state index in [2.05, 4.69) is 15.8 Å². The molecule has 3 rings (SSSR count). The zero-order valence-corrected chi connectivity index (χ0v) is 16.1. The lowest BCUT2D eigenvalue weighted by Gasteiger charge is -2.07. The Balaban J connectivity index is 1.47. The topological polar surface area (TPSA) is 79.8 Å². The van der Waals surface area contributed by atoms with Gasteiger partial charge < -0.3 is 10.1 Å². The van der Waals surface area contributed by atoms with Gasteiger partial charge in [-0.1, -0.05) is 41.9 Å². The standard InChI is InChI=1S/C22H18ClN3O3/c23-20-9-5-4-8-19(20)22(28)26-24-14-16-10-12-18(13-11-16)29-15-21(27)25-17-6-2-1-3-7-17/h1-14H,15H2,(H,25,27)(H,26,28)/b24-14-. The van der Waals surface area contributed by atoms with Gasteiger partial charge in [-0.3, -0.25) is 9.59 Å². The lowest BCUT2D eigenvalue weighted by molar-refractivity contribution is -0.118. The molecule has 0 unspecified atom stereocenters. The molecule has 0 aliphatic rings. The molecule has 0 atom stereocenters. The number of hydrazone groups is 1. The van der Waals surface area contributed by atoms with Crippen LogP contribution in [0.15, 0.2) is 84.0 Å². The molecule has 0 bridgehead atoms. The third-order valence-electron chi connectivity index (χ3n) is 3.81. The maximum atomic E-state index is 12.0. The number of hydrogen-bond donors (Lipinski definition) is 2. The molecule has 6 nitrogen and oxygen atoms in total. The van der Waals surface area contributed by atoms with Crippen molar-refractivity contribution in [3.63, 3.8) is 0 Å². The summed E-state index contributed by atoms with van der Waals surface area (Å²) in [7, 11) is 0. The number of rotatable bonds is 7. The molecule has 0 aliphatic carbocycles. The lowest BCUT2D eigenvalue weighted by Crippen LogP contribution is -2.20. The molecule has 29 heavy (non-hydrogen) atoms. The van der Waals surface area contributed by atoms with Gasteiger partial charge in [0.2, 0.25) is 0 Å². The van der Waals surface area contributed by atoms with Gasteiger partial charge in [0.15, 0.2) is 6.61 Å². The zero-order valence-electron chi connectivity index (χ0n) is 15.3. The Kier molecular flexibility index (Phi) is 6.97. The summed E-state index contributed by atoms with van der Waals surface area (Å²) in [4.78, 5) is 23.9. The summed E-state index contributed by atoms with van der Waals surface area (Å²) >= 11 is 5.97. The van der Waals surface area contributed by atoms with Crippen LogP contribution in [0.3, 0.4) is 0 Å². The minimum atomic E-state index is -0.392. The van der Waals surface area contributed by atoms with E-state index in [4.69, 9.17) is 16.3 Å². The van der Waals surface area contributed by atoms with Crippen molar-refractivity contribution < 1.29 is 14.3 Å². The van der Waals surface area contributed by atoms with Crippen molar-refractivity contribution in [3.05, 3.63) is 95.0 Å². The average Bonchev–Trinajstić information content (AvgIpc) is 2.74. The molecule has 3 aromatic rings. The van der Waals surface area contributed by atoms with E-state index >= 15 is 0 Å². The van der Waals surface area contributed by atoms with Crippen LogP contribution < -0.4 is 15.5 Å². The molecule has 0 spiro atoms. The number of ether oxygens (including phenoxy) is 1. The number of benzene rings is 3. The van der Waals surface area contributed by atoms with Gasteiger partial charge in [0, 0.05) is 5.69 Å². The first-order chi connectivity index (χ1) is 14.1. The first kappa shape index (κ1) is 20.1. The summed E-state index contributed by atoms with van der Waals surface area (Å²) in [6, 6.07) is 22.8. The Morgan fingerprint density at radius 1 is 0.931 bits per heavy atom. The second kappa shape index (κ2) is 10.1. The maximum absolute atomic E-state index is 12.0. The van der Waals surface area contributed by atoms with Gasteiger partial charge in [-0.15, -0.1) is 0 Å². The van der Waals surface area contributed by atoms with Crippen molar-refractivity contribution in [3.8, 4) is 5.75 Å². The van der Waals surface area contributed by atoms with E-state index in [0.29, 0.717) is 22.0 Å². The number of carbonyl (C=O) groups is 2. The molecule has 0 heterocycles. The highest BCUT2D eigenvalue weighted by atomic mass is 35.5. The lowest BCUT2D eigenvalue weighted by atomic mass is 10.2. The predicted molar refractivity (Wildman–Crippen MR) is 114 cm³/mol. The summed E-state index contributed by atoms with van der Waals surface area (Å²) in [6.07, 6.45) is 1.50. The highest BCUT2D eigenvalue weighted by Crippen LogP contribution is 2.14. The molecule has 7 heteroatoms. The summed E-state index contributed by atoms with van der Waals surface area (Å²) in [5.74, 6) is -0.0918. The Labute approximate surface area is 173 Å². The minimum Gasteiger partial charge on any atom is -0.484 e. The normalized spacial score (nSPS) is 10.5. The second-order valence-electron chi connectivity index (χ2n) is 5.95. The molecule has 0 radical (unpaired) electrons. The number of nitrogens with one attached hydrogen (secondary N) is 2. The fourth-order valence-electron chi connectivity index (χ4n) is 2.39. The monoisotopic (exact) mass is 407 g/mol. The summed E-state index contributed by atoms with van der Waals surface area (Å²) < 4.78 is 5.47. The first-order valence-corrected chi connectivity index (χ1v) is 9.15. The molecule has 3 aromatic carbocycles. The van der Waals surface area contributed by atoms with Gasteiger partial charge in [0.1, 0.15) is 5.75 Å². The molecular weight excluding hydrogens is 390 g/mol. The predicted octanol–water partition coefficient (Wildman–Crippen LogP) is 4.12. The Hall–Kier alpha value is -3.64. The van der Waals surface area contributed by atoms with Crippen LogP contribution in [0, 0.1) is 0 Å². The van der Waals surface area contributed by atoms with E-state index in [1.54, 1.807) is 60.7 Å². The molecule has 0 saturated heterocycles. The van der Waals surface area contributed by atoms with E-state index in [1.807, 2.05) is 18.2 Å². The third-order valence-corrected chi connectivity index (χ3v) is 4.14. The van der Waals surface area contributed by atoms with Gasteiger partial charge >= 0.3 is 0 Å². The van der Waals surface area contributed by atoms with Crippen molar-refractivity contribution in [2.45, 2.75) is 0 Å². The van der Waals surface area contributed by atoms with E-state index in [-0.39, 0.29) is 12.5 Å². The van der Waals surface area contributed by atoms with Gasteiger partial charge in [-0.05, 0) is 54.1 Å². The van der Waals surface area contributed by atoms with Crippen LogP contribution in [0.2, 0.25) is 5.02 Å². The molecule has 0 aliphatic heterocycles. The number of hydrogen-bond acceptors (Lipinski definition) is 4. The molecule has 0 saturated carbocycles. The van der Waals surface area contributed by atoms with Crippen LogP contribution in [0.25, 0.3) is 0 Å². The molecule has 146 valence electrons. The number of para-hydroxylation sites is 1. The highest BCUT2D eigenvalue weighted by Gasteiger charge is 2.07. The van der Waals surface area contributed by atoms with Gasteiger partial charge in [0.05, 0.1) is 16.8 Å². The number of anilines is 1. The van der Waals surface area contributed by atoms with Crippen LogP contribution >= 0.6 is 11.6 Å². The highest BCUT2D eigenvalue weighted by molar-refractivity contribution is 6.33. The molecule has 2 amide bonds. The van der Waals surface area contributed by atoms with Crippen molar-refractivity contribution >= 4 is 35.3 Å². The molecule has 0 aromatic heterocycles. The number of carbonyl (C=O) groups excluding carboxylic acids is 2. The SMILES string of the molecule is O=C(COc1ccc(/C=N\NC(=O)c2ccccc2Cl)cc1)Nc1ccccc1. The van der Waals surface area contributed by atoms with Gasteiger partial charge in [-0.2, -0.15) is 5.10 Å². The summed E-state index contributed by atoms with van der Waals surface area (Å²) in [5, 5.41) is 7.03. The molecule has 0 fully saturated rings.